The van der Waals surface area contributed by atoms with Crippen LogP contribution in [0.5, 0.6) is 11.5 Å². The zero-order valence-corrected chi connectivity index (χ0v) is 22.3. The predicted molar refractivity (Wildman–Crippen MR) is 144 cm³/mol. The maximum Gasteiger partial charge on any atom is 0.301 e. The third-order valence-electron chi connectivity index (χ3n) is 6.73. The van der Waals surface area contributed by atoms with Gasteiger partial charge in [-0.25, -0.2) is 13.8 Å². The molecule has 1 unspecified atom stereocenters. The lowest BCUT2D eigenvalue weighted by Crippen LogP contribution is -2.29. The molecule has 0 radical (unpaired) electrons. The van der Waals surface area contributed by atoms with Gasteiger partial charge in [-0.15, -0.1) is 0 Å². The van der Waals surface area contributed by atoms with Crippen molar-refractivity contribution in [2.45, 2.75) is 32.7 Å². The Morgan fingerprint density at radius 2 is 1.74 bits per heavy atom. The number of aryl methyl sites for hydroxylation is 1. The van der Waals surface area contributed by atoms with Crippen molar-refractivity contribution in [2.75, 3.05) is 12.0 Å². The van der Waals surface area contributed by atoms with E-state index in [1.807, 2.05) is 13.8 Å². The van der Waals surface area contributed by atoms with E-state index < -0.39 is 29.4 Å². The maximum absolute atomic E-state index is 13.9. The summed E-state index contributed by atoms with van der Waals surface area (Å²) < 4.78 is 33.5. The fourth-order valence-electron chi connectivity index (χ4n) is 4.74. The monoisotopic (exact) mass is 550 g/mol. The van der Waals surface area contributed by atoms with E-state index in [0.29, 0.717) is 22.4 Å². The van der Waals surface area contributed by atoms with Crippen molar-refractivity contribution >= 4 is 44.1 Å². The number of ketones is 1. The molecule has 1 amide bonds. The molecule has 3 aromatic carbocycles. The van der Waals surface area contributed by atoms with Crippen molar-refractivity contribution in [3.05, 3.63) is 88.0 Å². The third kappa shape index (κ3) is 4.40. The summed E-state index contributed by atoms with van der Waals surface area (Å²) in [6.45, 7) is 5.68. The fourth-order valence-corrected chi connectivity index (χ4v) is 5.74. The number of nitrogens with zero attached hydrogens (tertiary/aromatic N) is 2. The van der Waals surface area contributed by atoms with Crippen molar-refractivity contribution in [1.82, 2.24) is 4.98 Å². The van der Waals surface area contributed by atoms with E-state index in [-0.39, 0.29) is 38.3 Å². The van der Waals surface area contributed by atoms with Gasteiger partial charge in [-0.05, 0) is 59.9 Å². The minimum absolute atomic E-state index is 0.0311. The quantitative estimate of drug-likeness (QED) is 0.171. The number of aromatic nitrogens is 1. The van der Waals surface area contributed by atoms with Crippen molar-refractivity contribution in [1.29, 1.82) is 0 Å². The summed E-state index contributed by atoms with van der Waals surface area (Å²) in [5, 5.41) is 21.5. The molecular formula is C29H24F2N2O5S. The molecular weight excluding hydrogens is 526 g/mol. The topological polar surface area (TPSA) is 100.0 Å². The number of ether oxygens (including phenoxy) is 1. The molecule has 1 aromatic heterocycles. The number of hydrogen-bond donors (Lipinski definition) is 2. The Kier molecular flexibility index (Phi) is 6.59. The fraction of sp³-hybridized carbons (Fsp3) is 0.207. The van der Waals surface area contributed by atoms with E-state index in [0.717, 1.165) is 33.9 Å². The average molecular weight is 551 g/mol. The molecule has 200 valence electrons. The van der Waals surface area contributed by atoms with Crippen LogP contribution in [0, 0.1) is 18.6 Å². The van der Waals surface area contributed by atoms with Crippen LogP contribution in [0.1, 0.15) is 48.1 Å². The minimum Gasteiger partial charge on any atom is -0.508 e. The molecule has 0 aliphatic carbocycles. The van der Waals surface area contributed by atoms with Crippen LogP contribution < -0.4 is 9.64 Å². The van der Waals surface area contributed by atoms with Gasteiger partial charge in [0.1, 0.15) is 17.3 Å². The van der Waals surface area contributed by atoms with Gasteiger partial charge in [0.15, 0.2) is 16.8 Å². The van der Waals surface area contributed by atoms with E-state index in [1.54, 1.807) is 26.2 Å². The van der Waals surface area contributed by atoms with Gasteiger partial charge in [-0.1, -0.05) is 37.3 Å². The van der Waals surface area contributed by atoms with Crippen molar-refractivity contribution in [3.8, 4) is 11.5 Å². The first-order valence-corrected chi connectivity index (χ1v) is 12.9. The molecule has 0 spiro atoms. The van der Waals surface area contributed by atoms with Crippen LogP contribution in [0.4, 0.5) is 13.9 Å². The molecule has 1 fully saturated rings. The normalized spacial score (nSPS) is 17.0. The number of aliphatic hydroxyl groups is 1. The maximum atomic E-state index is 13.9. The van der Waals surface area contributed by atoms with Crippen LogP contribution in [0.15, 0.2) is 54.1 Å². The SMILES string of the molecule is COc1cc(C)c(/C(O)=C2\C(=O)C(=O)N(c3nc4cc(F)c(F)cc4s3)C2c2ccc(O)cc2)cc1C(C)C. The number of anilines is 1. The first-order valence-electron chi connectivity index (χ1n) is 12.1. The molecule has 2 heterocycles. The van der Waals surface area contributed by atoms with E-state index in [2.05, 4.69) is 4.98 Å². The summed E-state index contributed by atoms with van der Waals surface area (Å²) >= 11 is 0.914. The molecule has 39 heavy (non-hydrogen) atoms. The number of fused-ring (bicyclic) bond motifs is 1. The van der Waals surface area contributed by atoms with Crippen molar-refractivity contribution < 1.29 is 33.3 Å². The first kappa shape index (κ1) is 26.3. The molecule has 1 aliphatic rings. The Balaban J connectivity index is 1.75. The molecule has 1 aliphatic heterocycles. The van der Waals surface area contributed by atoms with Gasteiger partial charge < -0.3 is 14.9 Å². The summed E-state index contributed by atoms with van der Waals surface area (Å²) in [6.07, 6.45) is 0. The molecule has 5 rings (SSSR count). The van der Waals surface area contributed by atoms with Gasteiger partial charge in [0, 0.05) is 11.6 Å². The summed E-state index contributed by atoms with van der Waals surface area (Å²) in [5.41, 5.74) is 2.14. The zero-order chi connectivity index (χ0) is 28.2. The van der Waals surface area contributed by atoms with E-state index >= 15 is 0 Å². The van der Waals surface area contributed by atoms with Crippen LogP contribution in [-0.2, 0) is 9.59 Å². The largest absolute Gasteiger partial charge is 0.508 e. The smallest absolute Gasteiger partial charge is 0.301 e. The lowest BCUT2D eigenvalue weighted by Gasteiger charge is -2.23. The number of methoxy groups -OCH3 is 1. The van der Waals surface area contributed by atoms with Gasteiger partial charge in [0.25, 0.3) is 5.78 Å². The van der Waals surface area contributed by atoms with Crippen LogP contribution in [0.25, 0.3) is 16.0 Å². The average Bonchev–Trinajstić information content (AvgIpc) is 3.41. The lowest BCUT2D eigenvalue weighted by atomic mass is 9.91. The molecule has 7 nitrogen and oxygen atoms in total. The van der Waals surface area contributed by atoms with Gasteiger partial charge in [-0.2, -0.15) is 0 Å². The number of benzene rings is 3. The lowest BCUT2D eigenvalue weighted by molar-refractivity contribution is -0.132. The first-order chi connectivity index (χ1) is 18.5. The summed E-state index contributed by atoms with van der Waals surface area (Å²) in [4.78, 5) is 32.4. The van der Waals surface area contributed by atoms with Gasteiger partial charge in [-0.3, -0.25) is 14.5 Å². The van der Waals surface area contributed by atoms with Crippen molar-refractivity contribution in [3.63, 3.8) is 0 Å². The van der Waals surface area contributed by atoms with Crippen LogP contribution in [-0.4, -0.2) is 34.0 Å². The van der Waals surface area contributed by atoms with Crippen LogP contribution >= 0.6 is 11.3 Å². The minimum atomic E-state index is -1.12. The number of halogens is 2. The Hall–Kier alpha value is -4.31. The van der Waals surface area contributed by atoms with E-state index in [9.17, 15) is 28.6 Å². The van der Waals surface area contributed by atoms with Gasteiger partial charge >= 0.3 is 5.91 Å². The highest BCUT2D eigenvalue weighted by molar-refractivity contribution is 7.22. The van der Waals surface area contributed by atoms with Crippen LogP contribution in [0.2, 0.25) is 0 Å². The highest BCUT2D eigenvalue weighted by Crippen LogP contribution is 2.45. The van der Waals surface area contributed by atoms with E-state index in [4.69, 9.17) is 4.74 Å². The second-order valence-electron chi connectivity index (χ2n) is 9.55. The number of aliphatic hydroxyl groups excluding tert-OH is 1. The van der Waals surface area contributed by atoms with E-state index in [1.165, 1.54) is 24.3 Å². The number of Topliss-reactive ketones (excluding diaryl/α,β-unsaturated/α-hetero) is 1. The van der Waals surface area contributed by atoms with Crippen LogP contribution in [0.3, 0.4) is 0 Å². The van der Waals surface area contributed by atoms with Gasteiger partial charge in [0.05, 0.1) is 28.9 Å². The number of phenolic OH excluding ortho intramolecular Hbond substituents is 1. The van der Waals surface area contributed by atoms with Crippen molar-refractivity contribution in [2.24, 2.45) is 0 Å². The summed E-state index contributed by atoms with van der Waals surface area (Å²) in [7, 11) is 1.55. The number of phenols is 1. The highest BCUT2D eigenvalue weighted by Gasteiger charge is 2.48. The Bertz CT molecular complexity index is 1640. The standard InChI is InChI=1S/C29H24F2N2O5S/c1-13(2)17-10-18(14(3)9-22(17)38-4)26(35)24-25(15-5-7-16(34)8-6-15)33(28(37)27(24)36)29-32-21-11-19(30)20(31)12-23(21)39-29/h5-13,25,34-35H,1-4H3/b26-24+. The second kappa shape index (κ2) is 9.77. The third-order valence-corrected chi connectivity index (χ3v) is 7.75. The number of rotatable bonds is 5. The number of aromatic hydroxyl groups is 1. The number of hydrogen-bond acceptors (Lipinski definition) is 7. The van der Waals surface area contributed by atoms with Gasteiger partial charge in [0.2, 0.25) is 0 Å². The second-order valence-corrected chi connectivity index (χ2v) is 10.6. The Morgan fingerprint density at radius 3 is 2.38 bits per heavy atom. The molecule has 10 heteroatoms. The molecule has 4 aromatic rings. The molecule has 2 N–H and O–H groups in total. The molecule has 1 atom stereocenters. The predicted octanol–water partition coefficient (Wildman–Crippen LogP) is 6.35. The summed E-state index contributed by atoms with van der Waals surface area (Å²) in [6, 6.07) is 10.1. The number of carbonyl (C=O) groups is 2. The molecule has 0 bridgehead atoms. The number of carbonyl (C=O) groups excluding carboxylic acids is 2. The zero-order valence-electron chi connectivity index (χ0n) is 21.5. The summed E-state index contributed by atoms with van der Waals surface area (Å²) in [5.74, 6) is -3.80. The molecule has 1 saturated heterocycles. The Morgan fingerprint density at radius 1 is 1.08 bits per heavy atom. The molecule has 0 saturated carbocycles. The number of amides is 1. The highest BCUT2D eigenvalue weighted by atomic mass is 32.1. The number of thiazole rings is 1. The Labute approximate surface area is 226 Å².